The molecule has 3 nitrogen and oxygen atoms in total. The summed E-state index contributed by atoms with van der Waals surface area (Å²) in [6.45, 7) is 3.56. The van der Waals surface area contributed by atoms with Crippen LogP contribution in [0.25, 0.3) is 0 Å². The molecule has 1 rings (SSSR count). The molecule has 3 heteroatoms. The van der Waals surface area contributed by atoms with Gasteiger partial charge in [0.05, 0.1) is 6.33 Å². The SMILES string of the molecule is CC(C)([C]=O)n1ccnc1. The van der Waals surface area contributed by atoms with E-state index in [2.05, 4.69) is 4.98 Å². The zero-order valence-corrected chi connectivity index (χ0v) is 6.03. The highest BCUT2D eigenvalue weighted by Crippen LogP contribution is 2.09. The largest absolute Gasteiger partial charge is 0.324 e. The van der Waals surface area contributed by atoms with Crippen molar-refractivity contribution in [3.05, 3.63) is 18.7 Å². The van der Waals surface area contributed by atoms with Crippen molar-refractivity contribution < 1.29 is 4.79 Å². The van der Waals surface area contributed by atoms with Crippen LogP contribution in [0.4, 0.5) is 0 Å². The molecule has 0 fully saturated rings. The van der Waals surface area contributed by atoms with E-state index in [1.54, 1.807) is 37.1 Å². The number of carbonyl (C=O) groups excluding carboxylic acids is 1. The molecule has 0 aliphatic heterocycles. The van der Waals surface area contributed by atoms with Crippen LogP contribution in [0.2, 0.25) is 0 Å². The normalized spacial score (nSPS) is 11.4. The molecule has 0 aliphatic carbocycles. The van der Waals surface area contributed by atoms with E-state index in [1.165, 1.54) is 0 Å². The van der Waals surface area contributed by atoms with Crippen LogP contribution in [-0.4, -0.2) is 15.8 Å². The van der Waals surface area contributed by atoms with E-state index in [1.807, 2.05) is 6.29 Å². The fourth-order valence-electron chi connectivity index (χ4n) is 0.642. The van der Waals surface area contributed by atoms with Crippen LogP contribution in [0.3, 0.4) is 0 Å². The van der Waals surface area contributed by atoms with Gasteiger partial charge in [-0.05, 0) is 13.8 Å². The number of imidazole rings is 1. The van der Waals surface area contributed by atoms with Gasteiger partial charge in [0, 0.05) is 12.4 Å². The Labute approximate surface area is 59.7 Å². The molecule has 0 spiro atoms. The van der Waals surface area contributed by atoms with Crippen molar-refractivity contribution >= 4 is 6.29 Å². The monoisotopic (exact) mass is 137 g/mol. The van der Waals surface area contributed by atoms with Crippen LogP contribution >= 0.6 is 0 Å². The maximum Gasteiger partial charge on any atom is 0.226 e. The van der Waals surface area contributed by atoms with E-state index in [9.17, 15) is 4.79 Å². The molecule has 0 amide bonds. The van der Waals surface area contributed by atoms with Gasteiger partial charge in [-0.15, -0.1) is 0 Å². The van der Waals surface area contributed by atoms with Crippen molar-refractivity contribution in [3.63, 3.8) is 0 Å². The second-order valence-electron chi connectivity index (χ2n) is 2.63. The molecule has 0 aromatic carbocycles. The van der Waals surface area contributed by atoms with Crippen LogP contribution < -0.4 is 0 Å². The van der Waals surface area contributed by atoms with Crippen LogP contribution in [0.15, 0.2) is 18.7 Å². The first-order chi connectivity index (χ1) is 4.67. The summed E-state index contributed by atoms with van der Waals surface area (Å²) in [5, 5.41) is 0. The molecule has 1 radical (unpaired) electrons. The Kier molecular flexibility index (Phi) is 1.57. The quantitative estimate of drug-likeness (QED) is 0.602. The van der Waals surface area contributed by atoms with Crippen LogP contribution in [0, 0.1) is 0 Å². The molecule has 0 saturated heterocycles. The number of hydrogen-bond donors (Lipinski definition) is 0. The third kappa shape index (κ3) is 1.07. The van der Waals surface area contributed by atoms with E-state index < -0.39 is 5.54 Å². The summed E-state index contributed by atoms with van der Waals surface area (Å²) in [6, 6.07) is 0. The highest BCUT2D eigenvalue weighted by molar-refractivity contribution is 5.61. The molecule has 1 heterocycles. The van der Waals surface area contributed by atoms with Crippen LogP contribution in [0.1, 0.15) is 13.8 Å². The summed E-state index contributed by atoms with van der Waals surface area (Å²) in [4.78, 5) is 14.2. The van der Waals surface area contributed by atoms with Gasteiger partial charge in [-0.2, -0.15) is 0 Å². The maximum absolute atomic E-state index is 10.4. The Morgan fingerprint density at radius 2 is 2.30 bits per heavy atom. The Bertz CT molecular complexity index is 214. The van der Waals surface area contributed by atoms with Crippen molar-refractivity contribution in [1.29, 1.82) is 0 Å². The molecular formula is C7H9N2O. The van der Waals surface area contributed by atoms with Crippen molar-refractivity contribution in [2.24, 2.45) is 0 Å². The lowest BCUT2D eigenvalue weighted by Crippen LogP contribution is -2.26. The minimum absolute atomic E-state index is 0.587. The summed E-state index contributed by atoms with van der Waals surface area (Å²) < 4.78 is 1.71. The highest BCUT2D eigenvalue weighted by Gasteiger charge is 2.18. The van der Waals surface area contributed by atoms with Gasteiger partial charge >= 0.3 is 0 Å². The van der Waals surface area contributed by atoms with Crippen molar-refractivity contribution in [2.45, 2.75) is 19.4 Å². The van der Waals surface area contributed by atoms with Gasteiger partial charge in [0.15, 0.2) is 0 Å². The van der Waals surface area contributed by atoms with Gasteiger partial charge < -0.3 is 4.57 Å². The Morgan fingerprint density at radius 1 is 1.60 bits per heavy atom. The highest BCUT2D eigenvalue weighted by atomic mass is 16.1. The zero-order chi connectivity index (χ0) is 7.61. The third-order valence-corrected chi connectivity index (χ3v) is 1.40. The van der Waals surface area contributed by atoms with E-state index >= 15 is 0 Å². The first kappa shape index (κ1) is 6.99. The van der Waals surface area contributed by atoms with E-state index in [-0.39, 0.29) is 0 Å². The molecule has 0 unspecified atom stereocenters. The smallest absolute Gasteiger partial charge is 0.226 e. The molecule has 1 aromatic heterocycles. The summed E-state index contributed by atoms with van der Waals surface area (Å²) in [5.41, 5.74) is -0.587. The molecule has 1 aromatic rings. The standard InChI is InChI=1S/C7H9N2O/c1-7(2,5-10)9-4-3-8-6-9/h3-4,6H,1-2H3. The second-order valence-corrected chi connectivity index (χ2v) is 2.63. The predicted molar refractivity (Wildman–Crippen MR) is 37.2 cm³/mol. The third-order valence-electron chi connectivity index (χ3n) is 1.40. The number of aromatic nitrogens is 2. The zero-order valence-electron chi connectivity index (χ0n) is 6.03. The number of nitrogens with zero attached hydrogens (tertiary/aromatic N) is 2. The minimum Gasteiger partial charge on any atom is -0.324 e. The van der Waals surface area contributed by atoms with Crippen molar-refractivity contribution in [3.8, 4) is 0 Å². The molecule has 0 N–H and O–H groups in total. The molecule has 0 bridgehead atoms. The van der Waals surface area contributed by atoms with Crippen molar-refractivity contribution in [1.82, 2.24) is 9.55 Å². The molecule has 53 valence electrons. The minimum atomic E-state index is -0.587. The van der Waals surface area contributed by atoms with Gasteiger partial charge in [-0.3, -0.25) is 4.79 Å². The molecule has 0 aliphatic rings. The summed E-state index contributed by atoms with van der Waals surface area (Å²) in [5.74, 6) is 0. The average molecular weight is 137 g/mol. The number of rotatable bonds is 2. The lowest BCUT2D eigenvalue weighted by molar-refractivity contribution is 0.436. The van der Waals surface area contributed by atoms with Gasteiger partial charge in [0.25, 0.3) is 0 Å². The summed E-state index contributed by atoms with van der Waals surface area (Å²) in [7, 11) is 0. The van der Waals surface area contributed by atoms with Crippen LogP contribution in [0.5, 0.6) is 0 Å². The predicted octanol–water partition coefficient (Wildman–Crippen LogP) is 0.728. The summed E-state index contributed by atoms with van der Waals surface area (Å²) >= 11 is 0. The molecule has 0 atom stereocenters. The molecule has 0 saturated carbocycles. The van der Waals surface area contributed by atoms with Gasteiger partial charge in [0.2, 0.25) is 6.29 Å². The van der Waals surface area contributed by atoms with E-state index in [4.69, 9.17) is 0 Å². The van der Waals surface area contributed by atoms with E-state index in [0.717, 1.165) is 0 Å². The maximum atomic E-state index is 10.4. The van der Waals surface area contributed by atoms with E-state index in [0.29, 0.717) is 0 Å². The average Bonchev–Trinajstić information content (AvgIpc) is 2.38. The van der Waals surface area contributed by atoms with Gasteiger partial charge in [-0.25, -0.2) is 4.98 Å². The Hall–Kier alpha value is -1.12. The van der Waals surface area contributed by atoms with Gasteiger partial charge in [0.1, 0.15) is 5.54 Å². The topological polar surface area (TPSA) is 34.9 Å². The molecule has 10 heavy (non-hydrogen) atoms. The first-order valence-corrected chi connectivity index (χ1v) is 3.04. The van der Waals surface area contributed by atoms with Gasteiger partial charge in [-0.1, -0.05) is 0 Å². The number of hydrogen-bond acceptors (Lipinski definition) is 2. The first-order valence-electron chi connectivity index (χ1n) is 3.04. The Balaban J connectivity index is 2.95. The fourth-order valence-corrected chi connectivity index (χ4v) is 0.642. The fraction of sp³-hybridized carbons (Fsp3) is 0.429. The van der Waals surface area contributed by atoms with Crippen LogP contribution in [-0.2, 0) is 10.3 Å². The molecular weight excluding hydrogens is 128 g/mol. The second kappa shape index (κ2) is 2.25. The summed E-state index contributed by atoms with van der Waals surface area (Å²) in [6.07, 6.45) is 6.90. The Morgan fingerprint density at radius 3 is 2.70 bits per heavy atom. The lowest BCUT2D eigenvalue weighted by Gasteiger charge is -2.16. The van der Waals surface area contributed by atoms with Crippen molar-refractivity contribution in [2.75, 3.05) is 0 Å². The lowest BCUT2D eigenvalue weighted by atomic mass is 10.1.